The lowest BCUT2D eigenvalue weighted by Crippen LogP contribution is -2.03. The van der Waals surface area contributed by atoms with Crippen LogP contribution in [0.2, 0.25) is 10.0 Å². The fourth-order valence-electron chi connectivity index (χ4n) is 2.78. The molecule has 1 heterocycles. The number of nitrogens with one attached hydrogen (secondary N) is 1. The molecule has 3 aromatic carbocycles. The van der Waals surface area contributed by atoms with Crippen molar-refractivity contribution in [1.82, 2.24) is 0 Å². The highest BCUT2D eigenvalue weighted by molar-refractivity contribution is 6.42. The van der Waals surface area contributed by atoms with Crippen LogP contribution in [0, 0.1) is 0 Å². The molecule has 27 heavy (non-hydrogen) atoms. The molecule has 0 saturated heterocycles. The van der Waals surface area contributed by atoms with Gasteiger partial charge in [-0.1, -0.05) is 47.5 Å². The molecule has 0 aromatic heterocycles. The number of halogens is 2. The second kappa shape index (κ2) is 7.99. The van der Waals surface area contributed by atoms with Gasteiger partial charge in [-0.2, -0.15) is 0 Å². The lowest BCUT2D eigenvalue weighted by molar-refractivity contribution is 0.174. The average molecular weight is 402 g/mol. The molecule has 0 atom stereocenters. The van der Waals surface area contributed by atoms with Crippen molar-refractivity contribution < 1.29 is 14.2 Å². The predicted octanol–water partition coefficient (Wildman–Crippen LogP) is 5.91. The molecule has 6 heteroatoms. The minimum absolute atomic E-state index is 0.268. The molecule has 4 nitrogen and oxygen atoms in total. The van der Waals surface area contributed by atoms with Gasteiger partial charge in [-0.25, -0.2) is 0 Å². The molecule has 0 amide bonds. The summed E-state index contributed by atoms with van der Waals surface area (Å²) in [5, 5.41) is 4.45. The molecular formula is C21H17Cl2NO3. The van der Waals surface area contributed by atoms with Crippen molar-refractivity contribution in [3.63, 3.8) is 0 Å². The number of hydrogen-bond donors (Lipinski definition) is 1. The predicted molar refractivity (Wildman–Crippen MR) is 107 cm³/mol. The van der Waals surface area contributed by atoms with Gasteiger partial charge in [0.25, 0.3) is 0 Å². The number of fused-ring (bicyclic) bond motifs is 1. The molecule has 1 N–H and O–H groups in total. The third-order valence-corrected chi connectivity index (χ3v) is 4.95. The SMILES string of the molecule is Clc1ccc(COc2ccccc2CNc2ccc3c(c2)OCO3)cc1Cl. The van der Waals surface area contributed by atoms with Gasteiger partial charge in [-0.3, -0.25) is 0 Å². The molecular weight excluding hydrogens is 385 g/mol. The maximum atomic E-state index is 6.07. The summed E-state index contributed by atoms with van der Waals surface area (Å²) in [4.78, 5) is 0. The van der Waals surface area contributed by atoms with Crippen LogP contribution in [0.15, 0.2) is 60.7 Å². The number of para-hydroxylation sites is 1. The van der Waals surface area contributed by atoms with Crippen molar-refractivity contribution in [2.75, 3.05) is 12.1 Å². The smallest absolute Gasteiger partial charge is 0.231 e. The topological polar surface area (TPSA) is 39.7 Å². The highest BCUT2D eigenvalue weighted by atomic mass is 35.5. The summed E-state index contributed by atoms with van der Waals surface area (Å²) >= 11 is 12.0. The third-order valence-electron chi connectivity index (χ3n) is 4.21. The van der Waals surface area contributed by atoms with Crippen LogP contribution in [0.1, 0.15) is 11.1 Å². The Hall–Kier alpha value is -2.56. The molecule has 0 spiro atoms. The van der Waals surface area contributed by atoms with Crippen molar-refractivity contribution in [1.29, 1.82) is 0 Å². The van der Waals surface area contributed by atoms with Crippen LogP contribution in [0.3, 0.4) is 0 Å². The van der Waals surface area contributed by atoms with Crippen LogP contribution in [0.4, 0.5) is 5.69 Å². The van der Waals surface area contributed by atoms with Gasteiger partial charge in [0.1, 0.15) is 12.4 Å². The fourth-order valence-corrected chi connectivity index (χ4v) is 3.11. The van der Waals surface area contributed by atoms with E-state index in [9.17, 15) is 0 Å². The van der Waals surface area contributed by atoms with Crippen LogP contribution in [-0.2, 0) is 13.2 Å². The van der Waals surface area contributed by atoms with E-state index < -0.39 is 0 Å². The Balaban J connectivity index is 1.42. The molecule has 0 fully saturated rings. The van der Waals surface area contributed by atoms with Gasteiger partial charge in [0.2, 0.25) is 6.79 Å². The van der Waals surface area contributed by atoms with E-state index in [4.69, 9.17) is 37.4 Å². The van der Waals surface area contributed by atoms with Crippen LogP contribution < -0.4 is 19.5 Å². The largest absolute Gasteiger partial charge is 0.489 e. The lowest BCUT2D eigenvalue weighted by atomic mass is 10.2. The average Bonchev–Trinajstić information content (AvgIpc) is 3.16. The van der Waals surface area contributed by atoms with E-state index in [2.05, 4.69) is 5.32 Å². The fraction of sp³-hybridized carbons (Fsp3) is 0.143. The van der Waals surface area contributed by atoms with Gasteiger partial charge in [0.05, 0.1) is 10.0 Å². The molecule has 0 unspecified atom stereocenters. The Morgan fingerprint density at radius 1 is 0.889 bits per heavy atom. The quantitative estimate of drug-likeness (QED) is 0.556. The maximum absolute atomic E-state index is 6.07. The molecule has 4 rings (SSSR count). The maximum Gasteiger partial charge on any atom is 0.231 e. The zero-order valence-electron chi connectivity index (χ0n) is 14.4. The van der Waals surface area contributed by atoms with Crippen LogP contribution in [0.5, 0.6) is 17.2 Å². The molecule has 0 radical (unpaired) electrons. The number of ether oxygens (including phenoxy) is 3. The molecule has 0 aliphatic carbocycles. The lowest BCUT2D eigenvalue weighted by Gasteiger charge is -2.13. The van der Waals surface area contributed by atoms with Gasteiger partial charge >= 0.3 is 0 Å². The van der Waals surface area contributed by atoms with Crippen molar-refractivity contribution in [2.45, 2.75) is 13.2 Å². The Labute approximate surface area is 167 Å². The van der Waals surface area contributed by atoms with Crippen LogP contribution >= 0.6 is 23.2 Å². The Kier molecular flexibility index (Phi) is 5.28. The first kappa shape index (κ1) is 17.8. The molecule has 0 bridgehead atoms. The minimum Gasteiger partial charge on any atom is -0.489 e. The van der Waals surface area contributed by atoms with Gasteiger partial charge in [0.15, 0.2) is 11.5 Å². The standard InChI is InChI=1S/C21H17Cl2NO3/c22-17-7-5-14(9-18(17)23)12-25-19-4-2-1-3-15(19)11-24-16-6-8-20-21(10-16)27-13-26-20/h1-10,24H,11-13H2. The van der Waals surface area contributed by atoms with E-state index in [1.165, 1.54) is 0 Å². The summed E-state index contributed by atoms with van der Waals surface area (Å²) < 4.78 is 16.7. The Bertz CT molecular complexity index is 962. The Morgan fingerprint density at radius 2 is 1.74 bits per heavy atom. The molecule has 1 aliphatic heterocycles. The first-order valence-electron chi connectivity index (χ1n) is 8.47. The zero-order chi connectivity index (χ0) is 18.6. The second-order valence-electron chi connectivity index (χ2n) is 6.07. The summed E-state index contributed by atoms with van der Waals surface area (Å²) in [6, 6.07) is 19.2. The first-order chi connectivity index (χ1) is 13.2. The highest BCUT2D eigenvalue weighted by Crippen LogP contribution is 2.34. The van der Waals surface area contributed by atoms with Gasteiger partial charge in [-0.15, -0.1) is 0 Å². The Morgan fingerprint density at radius 3 is 2.63 bits per heavy atom. The second-order valence-corrected chi connectivity index (χ2v) is 6.88. The summed E-state index contributed by atoms with van der Waals surface area (Å²) in [5.74, 6) is 2.34. The van der Waals surface area contributed by atoms with E-state index in [-0.39, 0.29) is 6.79 Å². The number of hydrogen-bond acceptors (Lipinski definition) is 4. The van der Waals surface area contributed by atoms with E-state index in [1.54, 1.807) is 6.07 Å². The summed E-state index contributed by atoms with van der Waals surface area (Å²) in [7, 11) is 0. The summed E-state index contributed by atoms with van der Waals surface area (Å²) in [6.07, 6.45) is 0. The van der Waals surface area contributed by atoms with E-state index >= 15 is 0 Å². The number of rotatable bonds is 6. The number of anilines is 1. The third kappa shape index (κ3) is 4.24. The van der Waals surface area contributed by atoms with Crippen molar-refractivity contribution >= 4 is 28.9 Å². The zero-order valence-corrected chi connectivity index (χ0v) is 15.9. The van der Waals surface area contributed by atoms with Crippen LogP contribution in [0.25, 0.3) is 0 Å². The van der Waals surface area contributed by atoms with Gasteiger partial charge in [0, 0.05) is 23.9 Å². The van der Waals surface area contributed by atoms with Crippen molar-refractivity contribution in [3.8, 4) is 17.2 Å². The molecule has 0 saturated carbocycles. The van der Waals surface area contributed by atoms with Crippen molar-refractivity contribution in [3.05, 3.63) is 81.8 Å². The molecule has 138 valence electrons. The normalized spacial score (nSPS) is 12.1. The van der Waals surface area contributed by atoms with Gasteiger partial charge < -0.3 is 19.5 Å². The molecule has 1 aliphatic rings. The van der Waals surface area contributed by atoms with Crippen LogP contribution in [-0.4, -0.2) is 6.79 Å². The van der Waals surface area contributed by atoms with Crippen molar-refractivity contribution in [2.24, 2.45) is 0 Å². The molecule has 3 aromatic rings. The van der Waals surface area contributed by atoms with Gasteiger partial charge in [-0.05, 0) is 35.9 Å². The summed E-state index contributed by atoms with van der Waals surface area (Å²) in [5.41, 5.74) is 2.97. The first-order valence-corrected chi connectivity index (χ1v) is 9.23. The monoisotopic (exact) mass is 401 g/mol. The minimum atomic E-state index is 0.268. The highest BCUT2D eigenvalue weighted by Gasteiger charge is 2.13. The van der Waals surface area contributed by atoms with E-state index in [0.29, 0.717) is 23.2 Å². The van der Waals surface area contributed by atoms with E-state index in [1.807, 2.05) is 54.6 Å². The summed E-state index contributed by atoms with van der Waals surface area (Å²) in [6.45, 7) is 1.30. The number of benzene rings is 3. The van der Waals surface area contributed by atoms with E-state index in [0.717, 1.165) is 34.1 Å².